The number of hydrogen-bond donors (Lipinski definition) is 1. The number of fused-ring (bicyclic) bond motifs is 1. The monoisotopic (exact) mass is 240 g/mol. The molecule has 2 fully saturated rings. The van der Waals surface area contributed by atoms with Gasteiger partial charge in [-0.05, 0) is 30.9 Å². The summed E-state index contributed by atoms with van der Waals surface area (Å²) in [6, 6.07) is 7.97. The third-order valence-corrected chi connectivity index (χ3v) is 4.12. The molecule has 1 aliphatic carbocycles. The fraction of sp³-hybridized carbons (Fsp3) is 0.429. The third-order valence-electron chi connectivity index (χ3n) is 4.12. The summed E-state index contributed by atoms with van der Waals surface area (Å²) in [6.07, 6.45) is 4.45. The number of nitrogens with two attached hydrogens (primary N) is 1. The fourth-order valence-electron chi connectivity index (χ4n) is 2.84. The minimum absolute atomic E-state index is 0.0350. The van der Waals surface area contributed by atoms with Crippen LogP contribution in [0.15, 0.2) is 30.5 Å². The number of para-hydroxylation sites is 2. The van der Waals surface area contributed by atoms with E-state index in [0.29, 0.717) is 0 Å². The minimum atomic E-state index is 0.0350. The summed E-state index contributed by atoms with van der Waals surface area (Å²) in [5, 5.41) is 0. The molecule has 2 heterocycles. The van der Waals surface area contributed by atoms with Crippen molar-refractivity contribution in [2.45, 2.75) is 18.4 Å². The predicted octanol–water partition coefficient (Wildman–Crippen LogP) is 1.56. The maximum Gasteiger partial charge on any atom is 0.147 e. The molecule has 92 valence electrons. The molecule has 1 aromatic heterocycles. The van der Waals surface area contributed by atoms with Crippen LogP contribution in [0.2, 0.25) is 0 Å². The lowest BCUT2D eigenvalue weighted by Crippen LogP contribution is -2.69. The van der Waals surface area contributed by atoms with Crippen LogP contribution in [0.25, 0.3) is 11.0 Å². The molecule has 0 amide bonds. The molecule has 1 aromatic carbocycles. The molecule has 0 spiro atoms. The molecule has 0 radical (unpaired) electrons. The molecule has 2 aromatic rings. The van der Waals surface area contributed by atoms with Gasteiger partial charge in [-0.15, -0.1) is 0 Å². The smallest absolute Gasteiger partial charge is 0.147 e. The number of aromatic nitrogens is 2. The van der Waals surface area contributed by atoms with E-state index < -0.39 is 0 Å². The lowest BCUT2D eigenvalue weighted by Gasteiger charge is -2.48. The molecule has 4 rings (SSSR count). The fourth-order valence-corrected chi connectivity index (χ4v) is 2.84. The second kappa shape index (κ2) is 3.42. The second-order valence-electron chi connectivity index (χ2n) is 5.58. The quantitative estimate of drug-likeness (QED) is 0.865. The third kappa shape index (κ3) is 1.49. The van der Waals surface area contributed by atoms with Crippen LogP contribution in [-0.2, 0) is 0 Å². The highest BCUT2D eigenvalue weighted by molar-refractivity contribution is 5.75. The van der Waals surface area contributed by atoms with E-state index in [4.69, 9.17) is 5.73 Å². The standard InChI is InChI=1S/C14H16N4/c15-14(10-5-6-10)8-18(9-14)13-7-16-11-3-1-2-4-12(11)17-13/h1-4,7,10H,5-6,8-9,15H2. The molecule has 1 saturated carbocycles. The Bertz CT molecular complexity index is 600. The first-order valence-corrected chi connectivity index (χ1v) is 6.50. The van der Waals surface area contributed by atoms with Crippen LogP contribution in [0.5, 0.6) is 0 Å². The second-order valence-corrected chi connectivity index (χ2v) is 5.58. The van der Waals surface area contributed by atoms with Gasteiger partial charge in [-0.25, -0.2) is 4.98 Å². The zero-order valence-electron chi connectivity index (χ0n) is 10.2. The first kappa shape index (κ1) is 10.3. The first-order valence-electron chi connectivity index (χ1n) is 6.50. The number of rotatable bonds is 2. The predicted molar refractivity (Wildman–Crippen MR) is 71.4 cm³/mol. The molecule has 1 saturated heterocycles. The van der Waals surface area contributed by atoms with Gasteiger partial charge in [0.05, 0.1) is 22.8 Å². The summed E-state index contributed by atoms with van der Waals surface area (Å²) in [4.78, 5) is 11.3. The first-order chi connectivity index (χ1) is 8.74. The van der Waals surface area contributed by atoms with Crippen LogP contribution >= 0.6 is 0 Å². The molecule has 0 bridgehead atoms. The molecule has 1 aliphatic heterocycles. The molecule has 4 nitrogen and oxygen atoms in total. The van der Waals surface area contributed by atoms with Crippen LogP contribution in [0.3, 0.4) is 0 Å². The van der Waals surface area contributed by atoms with E-state index in [1.807, 2.05) is 30.5 Å². The molecule has 2 N–H and O–H groups in total. The van der Waals surface area contributed by atoms with E-state index in [1.54, 1.807) is 0 Å². The van der Waals surface area contributed by atoms with Crippen molar-refractivity contribution in [1.82, 2.24) is 9.97 Å². The topological polar surface area (TPSA) is 55.0 Å². The Morgan fingerprint density at radius 2 is 1.89 bits per heavy atom. The summed E-state index contributed by atoms with van der Waals surface area (Å²) in [5.41, 5.74) is 8.30. The molecule has 18 heavy (non-hydrogen) atoms. The van der Waals surface area contributed by atoms with Gasteiger partial charge in [0.15, 0.2) is 0 Å². The van der Waals surface area contributed by atoms with Gasteiger partial charge in [-0.1, -0.05) is 12.1 Å². The van der Waals surface area contributed by atoms with Crippen LogP contribution in [-0.4, -0.2) is 28.6 Å². The molecule has 4 heteroatoms. The normalized spacial score (nSPS) is 21.9. The van der Waals surface area contributed by atoms with Crippen LogP contribution < -0.4 is 10.6 Å². The summed E-state index contributed by atoms with van der Waals surface area (Å²) in [7, 11) is 0. The summed E-state index contributed by atoms with van der Waals surface area (Å²) in [5.74, 6) is 1.69. The van der Waals surface area contributed by atoms with Gasteiger partial charge >= 0.3 is 0 Å². The van der Waals surface area contributed by atoms with Gasteiger partial charge < -0.3 is 10.6 Å². The molecule has 0 unspecified atom stereocenters. The maximum absolute atomic E-state index is 6.36. The van der Waals surface area contributed by atoms with Gasteiger partial charge in [0.2, 0.25) is 0 Å². The highest BCUT2D eigenvalue weighted by Gasteiger charge is 2.50. The van der Waals surface area contributed by atoms with Crippen molar-refractivity contribution < 1.29 is 0 Å². The van der Waals surface area contributed by atoms with Crippen LogP contribution in [0, 0.1) is 5.92 Å². The van der Waals surface area contributed by atoms with Gasteiger partial charge in [-0.3, -0.25) is 4.98 Å². The Balaban J connectivity index is 1.60. The van der Waals surface area contributed by atoms with E-state index in [-0.39, 0.29) is 5.54 Å². The van der Waals surface area contributed by atoms with Gasteiger partial charge in [0, 0.05) is 13.1 Å². The highest BCUT2D eigenvalue weighted by atomic mass is 15.3. The maximum atomic E-state index is 6.36. The van der Waals surface area contributed by atoms with Gasteiger partial charge in [-0.2, -0.15) is 0 Å². The van der Waals surface area contributed by atoms with Gasteiger partial charge in [0.25, 0.3) is 0 Å². The molecular formula is C14H16N4. The van der Waals surface area contributed by atoms with Crippen molar-refractivity contribution in [3.05, 3.63) is 30.5 Å². The van der Waals surface area contributed by atoms with Crippen molar-refractivity contribution >= 4 is 16.9 Å². The molecule has 0 atom stereocenters. The number of anilines is 1. The minimum Gasteiger partial charge on any atom is -0.351 e. The summed E-state index contributed by atoms with van der Waals surface area (Å²) in [6.45, 7) is 1.84. The van der Waals surface area contributed by atoms with Crippen molar-refractivity contribution in [3.63, 3.8) is 0 Å². The summed E-state index contributed by atoms with van der Waals surface area (Å²) < 4.78 is 0. The van der Waals surface area contributed by atoms with E-state index in [9.17, 15) is 0 Å². The van der Waals surface area contributed by atoms with Gasteiger partial charge in [0.1, 0.15) is 5.82 Å². The van der Waals surface area contributed by atoms with Crippen molar-refractivity contribution in [2.75, 3.05) is 18.0 Å². The zero-order chi connectivity index (χ0) is 12.2. The lowest BCUT2D eigenvalue weighted by molar-refractivity contribution is 0.289. The Labute approximate surface area is 106 Å². The highest BCUT2D eigenvalue weighted by Crippen LogP contribution is 2.43. The SMILES string of the molecule is NC1(C2CC2)CN(c2cnc3ccccc3n2)C1. The zero-order valence-corrected chi connectivity index (χ0v) is 10.2. The Kier molecular flexibility index (Phi) is 1.95. The average molecular weight is 240 g/mol. The number of nitrogens with zero attached hydrogens (tertiary/aromatic N) is 3. The average Bonchev–Trinajstić information content (AvgIpc) is 3.19. The van der Waals surface area contributed by atoms with Crippen LogP contribution in [0.1, 0.15) is 12.8 Å². The molecule has 2 aliphatic rings. The van der Waals surface area contributed by atoms with E-state index in [1.165, 1.54) is 12.8 Å². The lowest BCUT2D eigenvalue weighted by atomic mass is 9.86. The summed E-state index contributed by atoms with van der Waals surface area (Å²) >= 11 is 0. The van der Waals surface area contributed by atoms with Crippen molar-refractivity contribution in [2.24, 2.45) is 11.7 Å². The van der Waals surface area contributed by atoms with Crippen molar-refractivity contribution in [3.8, 4) is 0 Å². The van der Waals surface area contributed by atoms with Crippen LogP contribution in [0.4, 0.5) is 5.82 Å². The Hall–Kier alpha value is -1.68. The Morgan fingerprint density at radius 3 is 2.61 bits per heavy atom. The Morgan fingerprint density at radius 1 is 1.17 bits per heavy atom. The molecular weight excluding hydrogens is 224 g/mol. The number of benzene rings is 1. The van der Waals surface area contributed by atoms with Crippen molar-refractivity contribution in [1.29, 1.82) is 0 Å². The van der Waals surface area contributed by atoms with E-state index >= 15 is 0 Å². The van der Waals surface area contributed by atoms with E-state index in [2.05, 4.69) is 14.9 Å². The number of hydrogen-bond acceptors (Lipinski definition) is 4. The largest absolute Gasteiger partial charge is 0.351 e. The van der Waals surface area contributed by atoms with E-state index in [0.717, 1.165) is 35.9 Å².